The van der Waals surface area contributed by atoms with E-state index in [4.69, 9.17) is 5.73 Å². The van der Waals surface area contributed by atoms with Crippen molar-refractivity contribution in [3.63, 3.8) is 0 Å². The van der Waals surface area contributed by atoms with Gasteiger partial charge in [0.25, 0.3) is 0 Å². The van der Waals surface area contributed by atoms with Gasteiger partial charge in [0.1, 0.15) is 0 Å². The Hall–Kier alpha value is -1.22. The fraction of sp³-hybridized carbons (Fsp3) is 0.500. The number of hydrogen-bond donors (Lipinski definition) is 2. The van der Waals surface area contributed by atoms with Crippen LogP contribution in [-0.4, -0.2) is 24.3 Å². The van der Waals surface area contributed by atoms with Crippen molar-refractivity contribution in [2.24, 2.45) is 0 Å². The first-order valence-corrected chi connectivity index (χ1v) is 5.46. The SMILES string of the molecule is Cc1ccc(N2CCC(O)CC2)c(N)c1. The number of piperidine rings is 1. The maximum Gasteiger partial charge on any atom is 0.0600 e. The number of benzene rings is 1. The van der Waals surface area contributed by atoms with Crippen molar-refractivity contribution in [1.82, 2.24) is 0 Å². The van der Waals surface area contributed by atoms with Gasteiger partial charge < -0.3 is 15.7 Å². The van der Waals surface area contributed by atoms with Gasteiger partial charge in [-0.3, -0.25) is 0 Å². The second-order valence-electron chi connectivity index (χ2n) is 4.28. The molecule has 1 aliphatic heterocycles. The Morgan fingerprint density at radius 1 is 1.33 bits per heavy atom. The smallest absolute Gasteiger partial charge is 0.0600 e. The number of nitrogens with two attached hydrogens (primary N) is 1. The zero-order chi connectivity index (χ0) is 10.8. The third-order valence-corrected chi connectivity index (χ3v) is 2.99. The van der Waals surface area contributed by atoms with Crippen LogP contribution >= 0.6 is 0 Å². The van der Waals surface area contributed by atoms with Crippen molar-refractivity contribution in [3.05, 3.63) is 23.8 Å². The number of aliphatic hydroxyl groups excluding tert-OH is 1. The van der Waals surface area contributed by atoms with Crippen LogP contribution in [0.1, 0.15) is 18.4 Å². The average Bonchev–Trinajstić information content (AvgIpc) is 2.20. The molecular weight excluding hydrogens is 188 g/mol. The summed E-state index contributed by atoms with van der Waals surface area (Å²) < 4.78 is 0. The van der Waals surface area contributed by atoms with Crippen LogP contribution in [0.5, 0.6) is 0 Å². The molecule has 0 bridgehead atoms. The average molecular weight is 206 g/mol. The molecule has 1 saturated heterocycles. The number of rotatable bonds is 1. The fourth-order valence-electron chi connectivity index (χ4n) is 2.07. The summed E-state index contributed by atoms with van der Waals surface area (Å²) in [5, 5.41) is 9.43. The third kappa shape index (κ3) is 2.23. The van der Waals surface area contributed by atoms with Gasteiger partial charge in [-0.1, -0.05) is 6.07 Å². The monoisotopic (exact) mass is 206 g/mol. The van der Waals surface area contributed by atoms with Crippen LogP contribution in [0.3, 0.4) is 0 Å². The maximum atomic E-state index is 9.43. The van der Waals surface area contributed by atoms with E-state index < -0.39 is 0 Å². The Morgan fingerprint density at radius 3 is 2.60 bits per heavy atom. The molecule has 0 aliphatic carbocycles. The van der Waals surface area contributed by atoms with E-state index in [0.29, 0.717) is 0 Å². The second kappa shape index (κ2) is 4.11. The molecule has 0 unspecified atom stereocenters. The predicted octanol–water partition coefficient (Wildman–Crippen LogP) is 1.54. The lowest BCUT2D eigenvalue weighted by Crippen LogP contribution is -2.36. The Bertz CT molecular complexity index is 343. The first-order valence-electron chi connectivity index (χ1n) is 5.46. The Balaban J connectivity index is 2.15. The van der Waals surface area contributed by atoms with Crippen LogP contribution in [-0.2, 0) is 0 Å². The highest BCUT2D eigenvalue weighted by atomic mass is 16.3. The van der Waals surface area contributed by atoms with Gasteiger partial charge in [0, 0.05) is 13.1 Å². The number of aryl methyl sites for hydroxylation is 1. The van der Waals surface area contributed by atoms with Crippen molar-refractivity contribution < 1.29 is 5.11 Å². The van der Waals surface area contributed by atoms with Crippen molar-refractivity contribution in [1.29, 1.82) is 0 Å². The molecule has 3 nitrogen and oxygen atoms in total. The Morgan fingerprint density at radius 2 is 2.00 bits per heavy atom. The quantitative estimate of drug-likeness (QED) is 0.685. The molecule has 0 radical (unpaired) electrons. The van der Waals surface area contributed by atoms with Crippen molar-refractivity contribution in [2.75, 3.05) is 23.7 Å². The molecule has 3 N–H and O–H groups in total. The van der Waals surface area contributed by atoms with Gasteiger partial charge in [-0.05, 0) is 37.5 Å². The van der Waals surface area contributed by atoms with Crippen LogP contribution in [0.15, 0.2) is 18.2 Å². The van der Waals surface area contributed by atoms with Gasteiger partial charge in [-0.15, -0.1) is 0 Å². The van der Waals surface area contributed by atoms with Crippen LogP contribution in [0, 0.1) is 6.92 Å². The van der Waals surface area contributed by atoms with Crippen molar-refractivity contribution in [2.45, 2.75) is 25.9 Å². The first-order chi connectivity index (χ1) is 7.16. The Labute approximate surface area is 90.5 Å². The van der Waals surface area contributed by atoms with Crippen LogP contribution in [0.25, 0.3) is 0 Å². The zero-order valence-corrected chi connectivity index (χ0v) is 9.11. The highest BCUT2D eigenvalue weighted by Crippen LogP contribution is 2.26. The van der Waals surface area contributed by atoms with E-state index in [1.807, 2.05) is 13.0 Å². The van der Waals surface area contributed by atoms with Gasteiger partial charge in [-0.2, -0.15) is 0 Å². The summed E-state index contributed by atoms with van der Waals surface area (Å²) >= 11 is 0. The topological polar surface area (TPSA) is 49.5 Å². The third-order valence-electron chi connectivity index (χ3n) is 2.99. The van der Waals surface area contributed by atoms with Crippen LogP contribution in [0.2, 0.25) is 0 Å². The molecule has 0 spiro atoms. The van der Waals surface area contributed by atoms with E-state index in [1.165, 1.54) is 5.56 Å². The lowest BCUT2D eigenvalue weighted by atomic mass is 10.1. The lowest BCUT2D eigenvalue weighted by molar-refractivity contribution is 0.145. The predicted molar refractivity (Wildman–Crippen MR) is 63.0 cm³/mol. The molecule has 1 fully saturated rings. The molecule has 0 aromatic heterocycles. The van der Waals surface area contributed by atoms with E-state index in [1.54, 1.807) is 0 Å². The molecule has 0 saturated carbocycles. The summed E-state index contributed by atoms with van der Waals surface area (Å²) in [7, 11) is 0. The molecule has 1 heterocycles. The zero-order valence-electron chi connectivity index (χ0n) is 9.11. The minimum absolute atomic E-state index is 0.132. The molecule has 3 heteroatoms. The standard InChI is InChI=1S/C12H18N2O/c1-9-2-3-12(11(13)8-9)14-6-4-10(15)5-7-14/h2-3,8,10,15H,4-7,13H2,1H3. The number of hydrogen-bond acceptors (Lipinski definition) is 3. The largest absolute Gasteiger partial charge is 0.397 e. The Kier molecular flexibility index (Phi) is 2.82. The molecule has 1 aromatic carbocycles. The van der Waals surface area contributed by atoms with Gasteiger partial charge in [0.15, 0.2) is 0 Å². The molecular formula is C12H18N2O. The molecule has 15 heavy (non-hydrogen) atoms. The minimum atomic E-state index is -0.132. The highest BCUT2D eigenvalue weighted by molar-refractivity contribution is 5.68. The number of aliphatic hydroxyl groups is 1. The normalized spacial score (nSPS) is 18.1. The molecule has 1 aliphatic rings. The van der Waals surface area contributed by atoms with E-state index >= 15 is 0 Å². The van der Waals surface area contributed by atoms with Crippen molar-refractivity contribution in [3.8, 4) is 0 Å². The molecule has 82 valence electrons. The summed E-state index contributed by atoms with van der Waals surface area (Å²) in [4.78, 5) is 2.25. The van der Waals surface area contributed by atoms with E-state index in [0.717, 1.165) is 37.3 Å². The lowest BCUT2D eigenvalue weighted by Gasteiger charge is -2.32. The van der Waals surface area contributed by atoms with E-state index in [-0.39, 0.29) is 6.10 Å². The van der Waals surface area contributed by atoms with Gasteiger partial charge in [-0.25, -0.2) is 0 Å². The van der Waals surface area contributed by atoms with Crippen LogP contribution < -0.4 is 10.6 Å². The number of anilines is 2. The van der Waals surface area contributed by atoms with Gasteiger partial charge in [0.2, 0.25) is 0 Å². The fourth-order valence-corrected chi connectivity index (χ4v) is 2.07. The number of nitrogens with zero attached hydrogens (tertiary/aromatic N) is 1. The van der Waals surface area contributed by atoms with E-state index in [9.17, 15) is 5.11 Å². The summed E-state index contributed by atoms with van der Waals surface area (Å²) in [6.45, 7) is 3.84. The molecule has 0 atom stereocenters. The summed E-state index contributed by atoms with van der Waals surface area (Å²) in [5.41, 5.74) is 9.11. The first kappa shape index (κ1) is 10.3. The van der Waals surface area contributed by atoms with Crippen molar-refractivity contribution >= 4 is 11.4 Å². The highest BCUT2D eigenvalue weighted by Gasteiger charge is 2.18. The second-order valence-corrected chi connectivity index (χ2v) is 4.28. The summed E-state index contributed by atoms with van der Waals surface area (Å²) in [6, 6.07) is 6.15. The summed E-state index contributed by atoms with van der Waals surface area (Å²) in [6.07, 6.45) is 1.55. The maximum absolute atomic E-state index is 9.43. The number of nitrogen functional groups attached to an aromatic ring is 1. The summed E-state index contributed by atoms with van der Waals surface area (Å²) in [5.74, 6) is 0. The molecule has 0 amide bonds. The van der Waals surface area contributed by atoms with Gasteiger partial charge in [0.05, 0.1) is 17.5 Å². The van der Waals surface area contributed by atoms with E-state index in [2.05, 4.69) is 17.0 Å². The molecule has 1 aromatic rings. The van der Waals surface area contributed by atoms with Crippen LogP contribution in [0.4, 0.5) is 11.4 Å². The molecule has 2 rings (SSSR count). The van der Waals surface area contributed by atoms with Gasteiger partial charge >= 0.3 is 0 Å². The minimum Gasteiger partial charge on any atom is -0.397 e.